The Morgan fingerprint density at radius 3 is 2.12 bits per heavy atom. The lowest BCUT2D eigenvalue weighted by Gasteiger charge is -2.14. The van der Waals surface area contributed by atoms with E-state index >= 15 is 0 Å². The van der Waals surface area contributed by atoms with E-state index in [0.717, 1.165) is 0 Å². The molecule has 0 aliphatic heterocycles. The van der Waals surface area contributed by atoms with Crippen LogP contribution in [0.15, 0.2) is 29.2 Å². The van der Waals surface area contributed by atoms with Crippen molar-refractivity contribution in [3.63, 3.8) is 0 Å². The molecule has 3 N–H and O–H groups in total. The number of rotatable bonds is 4. The predicted molar refractivity (Wildman–Crippen MR) is 56.9 cm³/mol. The maximum absolute atomic E-state index is 12.2. The average Bonchev–Trinajstić information content (AvgIpc) is 2.17. The minimum atomic E-state index is -3.74. The zero-order chi connectivity index (χ0) is 12.3. The predicted octanol–water partition coefficient (Wildman–Crippen LogP) is 1.40. The molecule has 1 atom stereocenters. The summed E-state index contributed by atoms with van der Waals surface area (Å²) in [6.45, 7) is 1.33. The number of nitrogens with two attached hydrogens (primary N) is 1. The van der Waals surface area contributed by atoms with Gasteiger partial charge < -0.3 is 5.32 Å². The molecule has 0 aliphatic rings. The van der Waals surface area contributed by atoms with Gasteiger partial charge >= 0.3 is 0 Å². The summed E-state index contributed by atoms with van der Waals surface area (Å²) >= 11 is 0. The molecule has 0 fully saturated rings. The van der Waals surface area contributed by atoms with Crippen LogP contribution in [0.3, 0.4) is 0 Å². The number of nitrogens with one attached hydrogen (secondary N) is 1. The fraction of sp³-hybridized carbons (Fsp3) is 0.333. The normalized spacial score (nSPS) is 13.8. The largest absolute Gasteiger partial charge is 0.377 e. The summed E-state index contributed by atoms with van der Waals surface area (Å²) in [5.74, 6) is 0. The van der Waals surface area contributed by atoms with E-state index in [2.05, 4.69) is 5.32 Å². The van der Waals surface area contributed by atoms with Crippen molar-refractivity contribution in [1.82, 2.24) is 0 Å². The first-order valence-electron chi connectivity index (χ1n) is 4.48. The van der Waals surface area contributed by atoms with Gasteiger partial charge in [0.25, 0.3) is 6.43 Å². The highest BCUT2D eigenvalue weighted by Crippen LogP contribution is 2.15. The highest BCUT2D eigenvalue weighted by Gasteiger charge is 2.14. The molecule has 4 nitrogen and oxygen atoms in total. The number of sulfonamides is 1. The van der Waals surface area contributed by atoms with E-state index in [-0.39, 0.29) is 4.90 Å². The van der Waals surface area contributed by atoms with Crippen LogP contribution in [0.2, 0.25) is 0 Å². The van der Waals surface area contributed by atoms with Gasteiger partial charge in [0.2, 0.25) is 10.0 Å². The molecule has 0 saturated carbocycles. The average molecular weight is 250 g/mol. The fourth-order valence-corrected chi connectivity index (χ4v) is 1.58. The Morgan fingerprint density at radius 1 is 1.25 bits per heavy atom. The lowest BCUT2D eigenvalue weighted by molar-refractivity contribution is 0.130. The zero-order valence-electron chi connectivity index (χ0n) is 8.52. The molecule has 1 aromatic carbocycles. The van der Waals surface area contributed by atoms with E-state index in [9.17, 15) is 17.2 Å². The number of primary sulfonamides is 1. The molecule has 0 spiro atoms. The van der Waals surface area contributed by atoms with Gasteiger partial charge in [-0.25, -0.2) is 22.3 Å². The Bertz CT molecular complexity index is 445. The maximum Gasteiger partial charge on any atom is 0.258 e. The third kappa shape index (κ3) is 3.42. The number of benzene rings is 1. The van der Waals surface area contributed by atoms with E-state index in [1.807, 2.05) is 0 Å². The lowest BCUT2D eigenvalue weighted by atomic mass is 10.3. The number of hydrogen-bond donors (Lipinski definition) is 2. The Labute approximate surface area is 92.5 Å². The van der Waals surface area contributed by atoms with Gasteiger partial charge in [-0.05, 0) is 31.2 Å². The molecule has 0 saturated heterocycles. The van der Waals surface area contributed by atoms with Gasteiger partial charge in [-0.2, -0.15) is 0 Å². The molecule has 1 aromatic rings. The fourth-order valence-electron chi connectivity index (χ4n) is 1.07. The molecule has 16 heavy (non-hydrogen) atoms. The summed E-state index contributed by atoms with van der Waals surface area (Å²) in [5.41, 5.74) is 0.417. The lowest BCUT2D eigenvalue weighted by Crippen LogP contribution is -2.23. The Morgan fingerprint density at radius 2 is 1.75 bits per heavy atom. The molecule has 90 valence electrons. The van der Waals surface area contributed by atoms with E-state index in [1.54, 1.807) is 0 Å². The Balaban J connectivity index is 2.80. The Kier molecular flexibility index (Phi) is 3.82. The maximum atomic E-state index is 12.2. The van der Waals surface area contributed by atoms with Gasteiger partial charge in [-0.1, -0.05) is 0 Å². The standard InChI is InChI=1S/C9H12F2N2O2S/c1-6(9(10)11)13-7-2-4-8(5-3-7)16(12,14)15/h2-6,9,13H,1H3,(H2,12,14,15). The van der Waals surface area contributed by atoms with Gasteiger partial charge in [0, 0.05) is 5.69 Å². The van der Waals surface area contributed by atoms with Crippen LogP contribution in [0.1, 0.15) is 6.92 Å². The molecule has 1 unspecified atom stereocenters. The van der Waals surface area contributed by atoms with Crippen LogP contribution in [0, 0.1) is 0 Å². The third-order valence-electron chi connectivity index (χ3n) is 1.96. The SMILES string of the molecule is CC(Nc1ccc(S(N)(=O)=O)cc1)C(F)F. The minimum absolute atomic E-state index is 0.0530. The van der Waals surface area contributed by atoms with Crippen molar-refractivity contribution in [2.45, 2.75) is 24.3 Å². The molecule has 0 aliphatic carbocycles. The summed E-state index contributed by atoms with van der Waals surface area (Å²) in [6, 6.07) is 4.29. The molecule has 1 rings (SSSR count). The second-order valence-electron chi connectivity index (χ2n) is 3.34. The number of alkyl halides is 2. The van der Waals surface area contributed by atoms with Crippen molar-refractivity contribution in [3.05, 3.63) is 24.3 Å². The molecular weight excluding hydrogens is 238 g/mol. The molecule has 0 heterocycles. The second kappa shape index (κ2) is 4.75. The van der Waals surface area contributed by atoms with Crippen LogP contribution in [0.25, 0.3) is 0 Å². The minimum Gasteiger partial charge on any atom is -0.377 e. The van der Waals surface area contributed by atoms with Crippen LogP contribution >= 0.6 is 0 Å². The summed E-state index contributed by atoms with van der Waals surface area (Å²) in [5, 5.41) is 7.42. The topological polar surface area (TPSA) is 72.2 Å². The van der Waals surface area contributed by atoms with Crippen molar-refractivity contribution in [2.24, 2.45) is 5.14 Å². The van der Waals surface area contributed by atoms with Crippen LogP contribution in [-0.4, -0.2) is 20.9 Å². The summed E-state index contributed by atoms with van der Waals surface area (Å²) in [7, 11) is -3.74. The van der Waals surface area contributed by atoms with Crippen LogP contribution in [-0.2, 0) is 10.0 Å². The third-order valence-corrected chi connectivity index (χ3v) is 2.88. The van der Waals surface area contributed by atoms with Gasteiger partial charge in [0.15, 0.2) is 0 Å². The number of halogens is 2. The molecule has 0 bridgehead atoms. The van der Waals surface area contributed by atoms with E-state index in [1.165, 1.54) is 31.2 Å². The van der Waals surface area contributed by atoms with Gasteiger partial charge in [0.05, 0.1) is 10.9 Å². The first kappa shape index (κ1) is 12.9. The van der Waals surface area contributed by atoms with Crippen molar-refractivity contribution < 1.29 is 17.2 Å². The second-order valence-corrected chi connectivity index (χ2v) is 4.90. The van der Waals surface area contributed by atoms with Crippen molar-refractivity contribution in [2.75, 3.05) is 5.32 Å². The number of anilines is 1. The van der Waals surface area contributed by atoms with Crippen LogP contribution in [0.4, 0.5) is 14.5 Å². The quantitative estimate of drug-likeness (QED) is 0.848. The van der Waals surface area contributed by atoms with E-state index < -0.39 is 22.5 Å². The van der Waals surface area contributed by atoms with Crippen molar-refractivity contribution in [3.8, 4) is 0 Å². The van der Waals surface area contributed by atoms with Crippen LogP contribution in [0.5, 0.6) is 0 Å². The first-order chi connectivity index (χ1) is 7.30. The Hall–Kier alpha value is -1.21. The molecule has 0 amide bonds. The summed E-state index contributed by atoms with van der Waals surface area (Å²) in [4.78, 5) is -0.0530. The highest BCUT2D eigenvalue weighted by molar-refractivity contribution is 7.89. The van der Waals surface area contributed by atoms with E-state index in [4.69, 9.17) is 5.14 Å². The van der Waals surface area contributed by atoms with Gasteiger partial charge in [-0.15, -0.1) is 0 Å². The van der Waals surface area contributed by atoms with Crippen molar-refractivity contribution >= 4 is 15.7 Å². The van der Waals surface area contributed by atoms with Crippen LogP contribution < -0.4 is 10.5 Å². The monoisotopic (exact) mass is 250 g/mol. The number of hydrogen-bond acceptors (Lipinski definition) is 3. The first-order valence-corrected chi connectivity index (χ1v) is 6.03. The van der Waals surface area contributed by atoms with Gasteiger partial charge in [-0.3, -0.25) is 0 Å². The molecular formula is C9H12F2N2O2S. The summed E-state index contributed by atoms with van der Waals surface area (Å²) in [6.07, 6.45) is -2.49. The van der Waals surface area contributed by atoms with Crippen molar-refractivity contribution in [1.29, 1.82) is 0 Å². The summed E-state index contributed by atoms with van der Waals surface area (Å²) < 4.78 is 46.2. The molecule has 7 heteroatoms. The molecule has 0 radical (unpaired) electrons. The smallest absolute Gasteiger partial charge is 0.258 e. The molecule has 0 aromatic heterocycles. The zero-order valence-corrected chi connectivity index (χ0v) is 9.34. The van der Waals surface area contributed by atoms with E-state index in [0.29, 0.717) is 5.69 Å². The highest BCUT2D eigenvalue weighted by atomic mass is 32.2. The van der Waals surface area contributed by atoms with Gasteiger partial charge in [0.1, 0.15) is 0 Å².